The molecule has 8 nitrogen and oxygen atoms in total. The maximum absolute atomic E-state index is 13.0. The molecule has 3 aromatic rings. The number of hydrogen-bond donors (Lipinski definition) is 2. The van der Waals surface area contributed by atoms with Gasteiger partial charge in [0, 0.05) is 18.7 Å². The Balaban J connectivity index is 1.41. The molecule has 4 rings (SSSR count). The van der Waals surface area contributed by atoms with Crippen molar-refractivity contribution in [2.24, 2.45) is 10.9 Å². The van der Waals surface area contributed by atoms with Gasteiger partial charge in [-0.1, -0.05) is 34.6 Å². The fourth-order valence-corrected chi connectivity index (χ4v) is 3.92. The van der Waals surface area contributed by atoms with Gasteiger partial charge < -0.3 is 20.0 Å². The predicted molar refractivity (Wildman–Crippen MR) is 124 cm³/mol. The lowest BCUT2D eigenvalue weighted by atomic mass is 10.1. The number of guanidine groups is 1. The second-order valence-electron chi connectivity index (χ2n) is 8.71. The third kappa shape index (κ3) is 6.23. The summed E-state index contributed by atoms with van der Waals surface area (Å²) < 4.78 is 83.5. The van der Waals surface area contributed by atoms with Gasteiger partial charge >= 0.3 is 12.4 Å². The van der Waals surface area contributed by atoms with Crippen molar-refractivity contribution in [2.75, 3.05) is 13.1 Å². The van der Waals surface area contributed by atoms with Gasteiger partial charge in [0.1, 0.15) is 6.61 Å². The van der Waals surface area contributed by atoms with Crippen molar-refractivity contribution in [3.8, 4) is 11.4 Å². The lowest BCUT2D eigenvalue weighted by molar-refractivity contribution is -0.143. The Kier molecular flexibility index (Phi) is 7.33. The van der Waals surface area contributed by atoms with Crippen molar-refractivity contribution in [3.63, 3.8) is 0 Å². The van der Waals surface area contributed by atoms with E-state index in [1.807, 2.05) is 0 Å². The minimum Gasteiger partial charge on any atom is -0.391 e. The monoisotopic (exact) mass is 540 g/mol. The Hall–Kier alpha value is -4.10. The van der Waals surface area contributed by atoms with Crippen LogP contribution in [-0.4, -0.2) is 39.8 Å². The first-order valence-electron chi connectivity index (χ1n) is 11.3. The Morgan fingerprint density at radius 3 is 2.29 bits per heavy atom. The summed E-state index contributed by atoms with van der Waals surface area (Å²) >= 11 is 0. The molecule has 0 spiro atoms. The number of likely N-dealkylation sites (tertiary alicyclic amines) is 1. The molecular weight excluding hydrogens is 518 g/mol. The summed E-state index contributed by atoms with van der Waals surface area (Å²) in [5, 5.41) is 15.4. The molecule has 38 heavy (non-hydrogen) atoms. The number of rotatable bonds is 6. The lowest BCUT2D eigenvalue weighted by Crippen LogP contribution is -2.34. The molecule has 1 aromatic heterocycles. The van der Waals surface area contributed by atoms with E-state index in [-0.39, 0.29) is 23.5 Å². The Morgan fingerprint density at radius 2 is 1.74 bits per heavy atom. The van der Waals surface area contributed by atoms with Gasteiger partial charge in [-0.15, -0.1) is 0 Å². The Bertz CT molecular complexity index is 1300. The van der Waals surface area contributed by atoms with Gasteiger partial charge in [0.05, 0.1) is 22.8 Å². The summed E-state index contributed by atoms with van der Waals surface area (Å²) in [6.45, 7) is 2.14. The first-order chi connectivity index (χ1) is 17.8. The van der Waals surface area contributed by atoms with E-state index in [1.165, 1.54) is 0 Å². The van der Waals surface area contributed by atoms with Crippen molar-refractivity contribution < 1.29 is 35.7 Å². The quantitative estimate of drug-likeness (QED) is 0.187. The molecule has 1 atom stereocenters. The number of hydrogen-bond acceptors (Lipinski definition) is 6. The zero-order chi connectivity index (χ0) is 27.7. The second kappa shape index (κ2) is 10.3. The third-order valence-corrected chi connectivity index (χ3v) is 5.96. The van der Waals surface area contributed by atoms with Crippen LogP contribution in [0.4, 0.5) is 26.3 Å². The normalized spacial score (nSPS) is 16.7. The van der Waals surface area contributed by atoms with E-state index in [1.54, 1.807) is 36.1 Å². The van der Waals surface area contributed by atoms with Crippen molar-refractivity contribution in [1.82, 2.24) is 15.0 Å². The van der Waals surface area contributed by atoms with E-state index in [2.05, 4.69) is 15.3 Å². The van der Waals surface area contributed by atoms with Crippen LogP contribution < -0.4 is 5.73 Å². The molecule has 0 radical (unpaired) electrons. The van der Waals surface area contributed by atoms with Gasteiger partial charge in [0.15, 0.2) is 5.96 Å². The van der Waals surface area contributed by atoms with Crippen LogP contribution in [0.1, 0.15) is 47.4 Å². The summed E-state index contributed by atoms with van der Waals surface area (Å²) in [5.74, 6) is 0.769. The van der Waals surface area contributed by atoms with E-state index in [0.29, 0.717) is 53.8 Å². The summed E-state index contributed by atoms with van der Waals surface area (Å²) in [6.07, 6.45) is -9.15. The van der Waals surface area contributed by atoms with E-state index < -0.39 is 30.1 Å². The van der Waals surface area contributed by atoms with Crippen LogP contribution in [0.15, 0.2) is 52.1 Å². The molecule has 1 aliphatic rings. The average molecular weight is 540 g/mol. The smallest absolute Gasteiger partial charge is 0.391 e. The number of oxime groups is 1. The predicted octanol–water partition coefficient (Wildman–Crippen LogP) is 5.40. The molecule has 202 valence electrons. The van der Waals surface area contributed by atoms with Gasteiger partial charge in [-0.25, -0.2) is 0 Å². The van der Waals surface area contributed by atoms with Crippen LogP contribution in [0.25, 0.3) is 11.4 Å². The maximum Gasteiger partial charge on any atom is 0.416 e. The number of nitrogens with two attached hydrogens (primary N) is 1. The molecule has 1 saturated heterocycles. The molecule has 0 saturated carbocycles. The van der Waals surface area contributed by atoms with Crippen molar-refractivity contribution in [2.45, 2.75) is 38.2 Å². The first-order valence-corrected chi connectivity index (χ1v) is 11.3. The molecule has 2 heterocycles. The van der Waals surface area contributed by atoms with Gasteiger partial charge in [-0.05, 0) is 42.7 Å². The van der Waals surface area contributed by atoms with Crippen LogP contribution >= 0.6 is 0 Å². The Labute approximate surface area is 212 Å². The molecule has 0 unspecified atom stereocenters. The lowest BCUT2D eigenvalue weighted by Gasteiger charge is -2.14. The molecule has 0 bridgehead atoms. The molecule has 1 aliphatic heterocycles. The highest BCUT2D eigenvalue weighted by molar-refractivity contribution is 5.98. The summed E-state index contributed by atoms with van der Waals surface area (Å²) in [6, 6.07) is 8.04. The molecular formula is C24H22F6N6O2. The maximum atomic E-state index is 13.0. The van der Waals surface area contributed by atoms with Crippen molar-refractivity contribution >= 4 is 11.7 Å². The molecule has 14 heteroatoms. The number of nitrogens with zero attached hydrogens (tertiary/aromatic N) is 4. The molecule has 1 fully saturated rings. The molecule has 2 aromatic carbocycles. The van der Waals surface area contributed by atoms with Crippen molar-refractivity contribution in [1.29, 1.82) is 5.41 Å². The standard InChI is InChI=1S/C24H22F6N6O2/c1-13(34-37-12-14-8-18(23(25,26)27)10-19(9-14)24(28,29)30)15-2-4-16(5-3-15)20-33-21(38-35-20)17-6-7-36(11-17)22(31)32/h2-5,8-10,17H,6-7,11-12H2,1H3,(H3,31,32)/t17-/m1/s1. The number of nitrogens with one attached hydrogen (secondary N) is 1. The van der Waals surface area contributed by atoms with E-state index >= 15 is 0 Å². The minimum atomic E-state index is -4.94. The number of aromatic nitrogens is 2. The number of alkyl halides is 6. The van der Waals surface area contributed by atoms with Crippen LogP contribution in [0, 0.1) is 5.41 Å². The molecule has 0 aliphatic carbocycles. The summed E-state index contributed by atoms with van der Waals surface area (Å²) in [7, 11) is 0. The average Bonchev–Trinajstić information content (AvgIpc) is 3.53. The van der Waals surface area contributed by atoms with Crippen LogP contribution in [0.2, 0.25) is 0 Å². The second-order valence-corrected chi connectivity index (χ2v) is 8.71. The van der Waals surface area contributed by atoms with Gasteiger partial charge in [0.2, 0.25) is 11.7 Å². The van der Waals surface area contributed by atoms with Gasteiger partial charge in [0.25, 0.3) is 0 Å². The molecule has 0 amide bonds. The minimum absolute atomic E-state index is 0.00951. The van der Waals surface area contributed by atoms with E-state index in [4.69, 9.17) is 20.5 Å². The zero-order valence-electron chi connectivity index (χ0n) is 19.9. The fourth-order valence-electron chi connectivity index (χ4n) is 3.92. The van der Waals surface area contributed by atoms with Crippen molar-refractivity contribution in [3.05, 3.63) is 70.6 Å². The van der Waals surface area contributed by atoms with Crippen LogP contribution in [0.3, 0.4) is 0 Å². The molecule has 3 N–H and O–H groups in total. The summed E-state index contributed by atoms with van der Waals surface area (Å²) in [5.41, 5.74) is 3.97. The third-order valence-electron chi connectivity index (χ3n) is 5.96. The SMILES string of the molecule is CC(=NOCc1cc(C(F)(F)F)cc(C(F)(F)F)c1)c1ccc(-c2noc([C@@H]3CCN(C(=N)N)C3)n2)cc1. The Morgan fingerprint density at radius 1 is 1.11 bits per heavy atom. The first kappa shape index (κ1) is 26.9. The van der Waals surface area contributed by atoms with E-state index in [0.717, 1.165) is 6.42 Å². The highest BCUT2D eigenvalue weighted by Crippen LogP contribution is 2.36. The number of benzene rings is 2. The fraction of sp³-hybridized carbons (Fsp3) is 0.333. The van der Waals surface area contributed by atoms with Gasteiger partial charge in [-0.2, -0.15) is 31.3 Å². The highest BCUT2D eigenvalue weighted by atomic mass is 19.4. The highest BCUT2D eigenvalue weighted by Gasteiger charge is 2.37. The van der Waals surface area contributed by atoms with Gasteiger partial charge in [-0.3, -0.25) is 5.41 Å². The van der Waals surface area contributed by atoms with Crippen LogP contribution in [-0.2, 0) is 23.8 Å². The van der Waals surface area contributed by atoms with Crippen LogP contribution in [0.5, 0.6) is 0 Å². The largest absolute Gasteiger partial charge is 0.416 e. The topological polar surface area (TPSA) is 114 Å². The zero-order valence-corrected chi connectivity index (χ0v) is 19.9. The van der Waals surface area contributed by atoms with E-state index in [9.17, 15) is 26.3 Å². The summed E-state index contributed by atoms with van der Waals surface area (Å²) in [4.78, 5) is 11.2. The number of halogens is 6.